The van der Waals surface area contributed by atoms with Crippen LogP contribution in [0.4, 0.5) is 9.59 Å². The van der Waals surface area contributed by atoms with Gasteiger partial charge in [-0.1, -0.05) is 13.3 Å². The van der Waals surface area contributed by atoms with Gasteiger partial charge in [-0.25, -0.2) is 15.1 Å². The summed E-state index contributed by atoms with van der Waals surface area (Å²) in [5, 5.41) is 1.43. The van der Waals surface area contributed by atoms with Crippen LogP contribution in [-0.2, 0) is 19.2 Å². The molecule has 1 N–H and O–H groups in total. The lowest BCUT2D eigenvalue weighted by atomic mass is 10.0. The Bertz CT molecular complexity index is 646. The average molecular weight is 427 g/mol. The molecule has 3 saturated heterocycles. The Morgan fingerprint density at radius 1 is 1.17 bits per heavy atom. The van der Waals surface area contributed by atoms with Crippen molar-refractivity contribution in [2.24, 2.45) is 5.92 Å². The van der Waals surface area contributed by atoms with Crippen LogP contribution in [0, 0.1) is 5.92 Å². The summed E-state index contributed by atoms with van der Waals surface area (Å²) in [7, 11) is 0. The van der Waals surface area contributed by atoms with Crippen LogP contribution in [0.5, 0.6) is 0 Å². The maximum Gasteiger partial charge on any atom is 0.410 e. The molecule has 10 nitrogen and oxygen atoms in total. The molecule has 3 rings (SSSR count). The molecule has 10 heteroatoms. The Hall–Kier alpha value is -2.07. The molecule has 0 radical (unpaired) electrons. The second-order valence-electron chi connectivity index (χ2n) is 9.22. The number of carbonyl (C=O) groups is 3. The van der Waals surface area contributed by atoms with Gasteiger partial charge >= 0.3 is 12.1 Å². The van der Waals surface area contributed by atoms with Crippen molar-refractivity contribution < 1.29 is 28.8 Å². The number of urea groups is 1. The van der Waals surface area contributed by atoms with E-state index in [2.05, 4.69) is 12.4 Å². The number of nitrogens with one attached hydrogen (secondary N) is 1. The fourth-order valence-electron chi connectivity index (χ4n) is 3.83. The number of carbonyl (C=O) groups excluding carboxylic acids is 3. The summed E-state index contributed by atoms with van der Waals surface area (Å²) in [6, 6.07) is -0.790. The molecule has 0 saturated carbocycles. The first-order valence-electron chi connectivity index (χ1n) is 10.8. The maximum atomic E-state index is 12.6. The topological polar surface area (TPSA) is 101 Å². The highest BCUT2D eigenvalue weighted by molar-refractivity contribution is 5.88. The molecule has 0 aromatic heterocycles. The van der Waals surface area contributed by atoms with Gasteiger partial charge in [0.1, 0.15) is 11.6 Å². The van der Waals surface area contributed by atoms with Gasteiger partial charge in [0.15, 0.2) is 0 Å². The predicted octanol–water partition coefficient (Wildman–Crippen LogP) is 1.90. The number of piperidine rings is 1. The summed E-state index contributed by atoms with van der Waals surface area (Å²) in [5.41, 5.74) is 1.96. The molecule has 0 unspecified atom stereocenters. The van der Waals surface area contributed by atoms with Crippen molar-refractivity contribution >= 4 is 18.0 Å². The molecule has 0 aromatic carbocycles. The maximum absolute atomic E-state index is 12.6. The highest BCUT2D eigenvalue weighted by atomic mass is 16.7. The van der Waals surface area contributed by atoms with Crippen LogP contribution < -0.4 is 5.48 Å². The lowest BCUT2D eigenvalue weighted by Crippen LogP contribution is -2.54. The molecular formula is C20H34N4O6. The molecule has 0 aliphatic carbocycles. The number of hydroxylamine groups is 3. The van der Waals surface area contributed by atoms with Crippen LogP contribution in [0.3, 0.4) is 0 Å². The van der Waals surface area contributed by atoms with E-state index in [1.54, 1.807) is 9.80 Å². The van der Waals surface area contributed by atoms with Crippen molar-refractivity contribution in [3.05, 3.63) is 0 Å². The summed E-state index contributed by atoms with van der Waals surface area (Å²) in [6.45, 7) is 9.93. The number of unbranched alkanes of at least 4 members (excludes halogenated alkanes) is 1. The SMILES string of the molecule is CCCCON1C(=O)N2C[C@@H]1CC[C@H]2C(=O)NOCC1CN(C(=O)OC(C)(C)C)C1. The van der Waals surface area contributed by atoms with Crippen molar-refractivity contribution in [1.29, 1.82) is 0 Å². The zero-order valence-electron chi connectivity index (χ0n) is 18.4. The van der Waals surface area contributed by atoms with Gasteiger partial charge in [0.05, 0.1) is 19.3 Å². The molecule has 3 aliphatic heterocycles. The molecule has 0 spiro atoms. The van der Waals surface area contributed by atoms with E-state index in [1.807, 2.05) is 20.8 Å². The number of hydrogen-bond donors (Lipinski definition) is 1. The number of likely N-dealkylation sites (tertiary alicyclic amines) is 1. The van der Waals surface area contributed by atoms with E-state index in [1.165, 1.54) is 5.06 Å². The molecule has 2 atom stereocenters. The van der Waals surface area contributed by atoms with Gasteiger partial charge in [-0.15, -0.1) is 0 Å². The monoisotopic (exact) mass is 426 g/mol. The number of nitrogens with zero attached hydrogens (tertiary/aromatic N) is 3. The van der Waals surface area contributed by atoms with E-state index >= 15 is 0 Å². The standard InChI is InChI=1S/C20H34N4O6/c1-5-6-9-29-24-15-7-8-16(23(12-15)18(24)26)17(25)21-28-13-14-10-22(11-14)19(27)30-20(2,3)4/h14-16H,5-13H2,1-4H3,(H,21,25)/t15-,16-/m0/s1. The van der Waals surface area contributed by atoms with E-state index in [0.29, 0.717) is 39.3 Å². The van der Waals surface area contributed by atoms with Crippen LogP contribution in [0.1, 0.15) is 53.4 Å². The second kappa shape index (κ2) is 9.38. The molecule has 2 bridgehead atoms. The molecule has 3 heterocycles. The van der Waals surface area contributed by atoms with Gasteiger partial charge < -0.3 is 14.5 Å². The predicted molar refractivity (Wildman–Crippen MR) is 107 cm³/mol. The van der Waals surface area contributed by atoms with Gasteiger partial charge in [-0.05, 0) is 40.0 Å². The van der Waals surface area contributed by atoms with E-state index < -0.39 is 11.6 Å². The van der Waals surface area contributed by atoms with Crippen LogP contribution in [0.2, 0.25) is 0 Å². The quantitative estimate of drug-likeness (QED) is 0.470. The molecule has 3 fully saturated rings. The summed E-state index contributed by atoms with van der Waals surface area (Å²) in [6.07, 6.45) is 2.85. The van der Waals surface area contributed by atoms with E-state index in [9.17, 15) is 14.4 Å². The molecule has 0 aromatic rings. The number of ether oxygens (including phenoxy) is 1. The smallest absolute Gasteiger partial charge is 0.410 e. The minimum atomic E-state index is -0.548. The Morgan fingerprint density at radius 3 is 2.57 bits per heavy atom. The largest absolute Gasteiger partial charge is 0.444 e. The van der Waals surface area contributed by atoms with Crippen molar-refractivity contribution in [2.75, 3.05) is 32.8 Å². The highest BCUT2D eigenvalue weighted by Gasteiger charge is 2.48. The van der Waals surface area contributed by atoms with Crippen molar-refractivity contribution in [3.63, 3.8) is 0 Å². The number of amides is 4. The molecule has 170 valence electrons. The van der Waals surface area contributed by atoms with Gasteiger partial charge in [-0.3, -0.25) is 14.5 Å². The van der Waals surface area contributed by atoms with Crippen molar-refractivity contribution in [3.8, 4) is 0 Å². The number of fused-ring (bicyclic) bond motifs is 2. The Balaban J connectivity index is 1.36. The highest BCUT2D eigenvalue weighted by Crippen LogP contribution is 2.30. The first-order valence-corrected chi connectivity index (χ1v) is 10.8. The van der Waals surface area contributed by atoms with Gasteiger partial charge in [0.25, 0.3) is 5.91 Å². The molecular weight excluding hydrogens is 392 g/mol. The first-order chi connectivity index (χ1) is 14.2. The minimum Gasteiger partial charge on any atom is -0.444 e. The summed E-state index contributed by atoms with van der Waals surface area (Å²) in [5.74, 6) is -0.176. The number of hydrogen-bond acceptors (Lipinski definition) is 6. The van der Waals surface area contributed by atoms with Crippen LogP contribution in [-0.4, -0.2) is 83.4 Å². The van der Waals surface area contributed by atoms with Gasteiger partial charge in [0.2, 0.25) is 0 Å². The zero-order valence-corrected chi connectivity index (χ0v) is 18.4. The van der Waals surface area contributed by atoms with Crippen molar-refractivity contribution in [1.82, 2.24) is 20.3 Å². The third-order valence-electron chi connectivity index (χ3n) is 5.45. The Morgan fingerprint density at radius 2 is 1.90 bits per heavy atom. The second-order valence-corrected chi connectivity index (χ2v) is 9.22. The Labute approximate surface area is 177 Å². The average Bonchev–Trinajstić information content (AvgIpc) is 2.86. The third-order valence-corrected chi connectivity index (χ3v) is 5.45. The molecule has 4 amide bonds. The van der Waals surface area contributed by atoms with E-state index in [4.69, 9.17) is 14.4 Å². The molecule has 30 heavy (non-hydrogen) atoms. The number of rotatable bonds is 8. The summed E-state index contributed by atoms with van der Waals surface area (Å²) >= 11 is 0. The van der Waals surface area contributed by atoms with E-state index in [-0.39, 0.29) is 30.0 Å². The fraction of sp³-hybridized carbons (Fsp3) is 0.850. The normalized spacial score (nSPS) is 24.1. The first kappa shape index (κ1) is 22.6. The lowest BCUT2D eigenvalue weighted by Gasteiger charge is -2.39. The van der Waals surface area contributed by atoms with Crippen LogP contribution in [0.25, 0.3) is 0 Å². The van der Waals surface area contributed by atoms with Gasteiger partial charge in [0, 0.05) is 25.6 Å². The molecule has 3 aliphatic rings. The lowest BCUT2D eigenvalue weighted by molar-refractivity contribution is -0.141. The summed E-state index contributed by atoms with van der Waals surface area (Å²) in [4.78, 5) is 51.2. The van der Waals surface area contributed by atoms with E-state index in [0.717, 1.165) is 19.3 Å². The summed E-state index contributed by atoms with van der Waals surface area (Å²) < 4.78 is 5.31. The van der Waals surface area contributed by atoms with Crippen LogP contribution in [0.15, 0.2) is 0 Å². The van der Waals surface area contributed by atoms with Crippen molar-refractivity contribution in [2.45, 2.75) is 71.1 Å². The van der Waals surface area contributed by atoms with Gasteiger partial charge in [-0.2, -0.15) is 5.06 Å². The Kier molecular flexibility index (Phi) is 7.07. The third kappa shape index (κ3) is 5.34. The minimum absolute atomic E-state index is 0.00754. The van der Waals surface area contributed by atoms with Crippen LogP contribution >= 0.6 is 0 Å². The fourth-order valence-corrected chi connectivity index (χ4v) is 3.83. The zero-order chi connectivity index (χ0) is 21.9.